The second-order valence-corrected chi connectivity index (χ2v) is 1.57. The molecule has 48 valence electrons. The van der Waals surface area contributed by atoms with Gasteiger partial charge in [-0.2, -0.15) is 22.8 Å². The summed E-state index contributed by atoms with van der Waals surface area (Å²) < 4.78 is 4.43. The Bertz CT molecular complexity index is 33.2. The van der Waals surface area contributed by atoms with Crippen molar-refractivity contribution in [2.75, 3.05) is 7.11 Å². The Labute approximate surface area is 78.2 Å². The van der Waals surface area contributed by atoms with Gasteiger partial charge in [-0.05, 0) is 0 Å². The van der Waals surface area contributed by atoms with Gasteiger partial charge in [0, 0.05) is 31.1 Å². The summed E-state index contributed by atoms with van der Waals surface area (Å²) in [6.45, 7) is 2.03. The minimum atomic E-state index is 0. The fourth-order valence-electron chi connectivity index (χ4n) is 0.135. The first kappa shape index (κ1) is 12.0. The maximum absolute atomic E-state index is 4.43. The molecule has 0 aromatic rings. The zero-order valence-electron chi connectivity index (χ0n) is 5.01. The van der Waals surface area contributed by atoms with E-state index in [0.717, 1.165) is 6.42 Å². The van der Waals surface area contributed by atoms with Crippen molar-refractivity contribution in [1.29, 1.82) is 0 Å². The van der Waals surface area contributed by atoms with Crippen LogP contribution in [0.4, 0.5) is 0 Å². The summed E-state index contributed by atoms with van der Waals surface area (Å²) in [6.07, 6.45) is 0.994. The van der Waals surface area contributed by atoms with E-state index in [-0.39, 0.29) is 31.1 Å². The molecule has 0 unspecified atom stereocenters. The van der Waals surface area contributed by atoms with E-state index in [1.807, 2.05) is 12.7 Å². The molecule has 0 aromatic heterocycles. The van der Waals surface area contributed by atoms with E-state index in [1.54, 1.807) is 0 Å². The molecule has 0 fully saturated rings. The minimum absolute atomic E-state index is 0. The van der Waals surface area contributed by atoms with Gasteiger partial charge in [-0.25, -0.2) is 10.6 Å². The predicted octanol–water partition coefficient (Wildman–Crippen LogP) is 1.78. The molecular weight excluding hydrogens is 350 g/mol. The second-order valence-electron chi connectivity index (χ2n) is 0.906. The Balaban J connectivity index is 0. The Morgan fingerprint density at radius 1 is 1.62 bits per heavy atom. The molecule has 0 aliphatic carbocycles. The first-order valence-electron chi connectivity index (χ1n) is 2.09. The summed E-state index contributed by atoms with van der Waals surface area (Å²) >= 11 is 1.21. The van der Waals surface area contributed by atoms with E-state index in [2.05, 4.69) is 9.22 Å². The van der Waals surface area contributed by atoms with Crippen LogP contribution >= 0.6 is 12.0 Å². The molecule has 2 nitrogen and oxygen atoms in total. The van der Waals surface area contributed by atoms with Gasteiger partial charge in [0.05, 0.1) is 7.11 Å². The van der Waals surface area contributed by atoms with E-state index < -0.39 is 0 Å². The summed E-state index contributed by atoms with van der Waals surface area (Å²) in [7, 11) is 1.48. The smallest absolute Gasteiger partial charge is 0.0724 e. The van der Waals surface area contributed by atoms with Crippen LogP contribution < -0.4 is 0 Å². The fourth-order valence-corrected chi connectivity index (χ4v) is 0.405. The molecule has 8 heavy (non-hydrogen) atoms. The third-order valence-corrected chi connectivity index (χ3v) is 1.03. The Hall–Kier alpha value is 1.32. The predicted molar refractivity (Wildman–Crippen MR) is 30.3 cm³/mol. The minimum Gasteiger partial charge on any atom is -0.243 e. The van der Waals surface area contributed by atoms with Crippen LogP contribution in [0.1, 0.15) is 13.3 Å². The first-order valence-corrected chi connectivity index (χ1v) is 2.90. The fraction of sp³-hybridized carbons (Fsp3) is 0.750. The van der Waals surface area contributed by atoms with Crippen molar-refractivity contribution in [2.45, 2.75) is 13.3 Å². The van der Waals surface area contributed by atoms with Gasteiger partial charge < -0.3 is 0 Å². The van der Waals surface area contributed by atoms with Crippen molar-refractivity contribution in [2.24, 2.45) is 0 Å². The van der Waals surface area contributed by atoms with Gasteiger partial charge in [-0.1, -0.05) is 6.92 Å². The maximum atomic E-state index is 4.43. The van der Waals surface area contributed by atoms with Crippen molar-refractivity contribution in [3.8, 4) is 0 Å². The van der Waals surface area contributed by atoms with Crippen LogP contribution in [0.5, 0.6) is 0 Å². The molecule has 0 N–H and O–H groups in total. The van der Waals surface area contributed by atoms with Gasteiger partial charge >= 0.3 is 0 Å². The quantitative estimate of drug-likeness (QED) is 0.251. The van der Waals surface area contributed by atoms with Crippen LogP contribution in [0.3, 0.4) is 0 Å². The summed E-state index contributed by atoms with van der Waals surface area (Å²) in [6, 6.07) is 0. The SMILES string of the molecule is CC[CH-]SOOC.[U]. The van der Waals surface area contributed by atoms with Crippen LogP contribution in [0.25, 0.3) is 0 Å². The van der Waals surface area contributed by atoms with Gasteiger partial charge in [0.2, 0.25) is 0 Å². The van der Waals surface area contributed by atoms with Crippen LogP contribution in [0.15, 0.2) is 0 Å². The molecule has 0 saturated carbocycles. The second kappa shape index (κ2) is 11.2. The number of hydrogen-bond acceptors (Lipinski definition) is 3. The largest absolute Gasteiger partial charge is 0.243 e. The molecule has 0 saturated heterocycles. The molecule has 0 heterocycles. The molecule has 0 atom stereocenters. The summed E-state index contributed by atoms with van der Waals surface area (Å²) in [5, 5.41) is 0. The van der Waals surface area contributed by atoms with E-state index >= 15 is 0 Å². The first-order chi connectivity index (χ1) is 3.41. The summed E-state index contributed by atoms with van der Waals surface area (Å²) in [5.74, 6) is 1.91. The van der Waals surface area contributed by atoms with Crippen molar-refractivity contribution in [1.82, 2.24) is 0 Å². The van der Waals surface area contributed by atoms with E-state index in [4.69, 9.17) is 0 Å². The molecule has 0 bridgehead atoms. The monoisotopic (exact) mass is 359 g/mol. The summed E-state index contributed by atoms with van der Waals surface area (Å²) in [4.78, 5) is 4.28. The Morgan fingerprint density at radius 3 is 2.62 bits per heavy atom. The van der Waals surface area contributed by atoms with E-state index in [1.165, 1.54) is 19.2 Å². The standard InChI is InChI=1S/C4H9O2S.U/c1-3-4-7-6-5-2;/h4H,3H2,1-2H3;/q-1;. The van der Waals surface area contributed by atoms with Crippen LogP contribution in [-0.4, -0.2) is 7.11 Å². The van der Waals surface area contributed by atoms with Crippen LogP contribution in [-0.2, 0) is 9.22 Å². The van der Waals surface area contributed by atoms with Gasteiger partial charge in [0.15, 0.2) is 0 Å². The Kier molecular flexibility index (Phi) is 16.8. The molecule has 0 rings (SSSR count). The van der Waals surface area contributed by atoms with E-state index in [9.17, 15) is 0 Å². The van der Waals surface area contributed by atoms with Gasteiger partial charge in [-0.15, -0.1) is 0 Å². The van der Waals surface area contributed by atoms with Crippen molar-refractivity contribution >= 4 is 12.0 Å². The van der Waals surface area contributed by atoms with Gasteiger partial charge in [-0.3, -0.25) is 0 Å². The Morgan fingerprint density at radius 2 is 2.25 bits per heavy atom. The van der Waals surface area contributed by atoms with E-state index in [0.29, 0.717) is 0 Å². The molecule has 0 aliphatic heterocycles. The zero-order valence-corrected chi connectivity index (χ0v) is 9.99. The van der Waals surface area contributed by atoms with Crippen molar-refractivity contribution < 1.29 is 40.3 Å². The number of rotatable bonds is 4. The molecule has 0 spiro atoms. The third kappa shape index (κ3) is 10.3. The van der Waals surface area contributed by atoms with Crippen LogP contribution in [0.2, 0.25) is 0 Å². The maximum Gasteiger partial charge on any atom is 0.0724 e. The summed E-state index contributed by atoms with van der Waals surface area (Å²) in [5.41, 5.74) is 0. The third-order valence-electron chi connectivity index (χ3n) is 0.342. The van der Waals surface area contributed by atoms with Crippen molar-refractivity contribution in [3.05, 3.63) is 5.75 Å². The van der Waals surface area contributed by atoms with Crippen LogP contribution in [0, 0.1) is 36.9 Å². The van der Waals surface area contributed by atoms with Crippen molar-refractivity contribution in [3.63, 3.8) is 0 Å². The molecule has 0 amide bonds. The van der Waals surface area contributed by atoms with Gasteiger partial charge in [0.1, 0.15) is 0 Å². The normalized spacial score (nSPS) is 8.25. The molecule has 0 radical (unpaired) electrons. The average molecular weight is 359 g/mol. The zero-order chi connectivity index (χ0) is 5.54. The average Bonchev–Trinajstić information content (AvgIpc) is 1.69. The topological polar surface area (TPSA) is 18.5 Å². The molecule has 0 aromatic carbocycles. The molecule has 4 heteroatoms. The van der Waals surface area contributed by atoms with Gasteiger partial charge in [0.25, 0.3) is 0 Å². The molecular formula is C4H9O2SU-. The number of hydrogen-bond donors (Lipinski definition) is 0. The molecule has 0 aliphatic rings.